The number of ether oxygens (including phenoxy) is 1. The van der Waals surface area contributed by atoms with Crippen LogP contribution in [0.15, 0.2) is 0 Å². The summed E-state index contributed by atoms with van der Waals surface area (Å²) in [5.74, 6) is -7.60. The molecule has 0 spiro atoms. The Kier molecular flexibility index (Phi) is 7.37. The van der Waals surface area contributed by atoms with Crippen molar-refractivity contribution in [3.8, 4) is 0 Å². The summed E-state index contributed by atoms with van der Waals surface area (Å²) in [7, 11) is 1.31. The molecule has 0 aliphatic carbocycles. The largest absolute Gasteiger partial charge is 0.385 e. The smallest absolute Gasteiger partial charge is 0.383 e. The number of amides is 1. The number of ketones is 1. The molecule has 4 nitrogen and oxygen atoms in total. The number of hydrogen-bond donors (Lipinski definition) is 1. The van der Waals surface area contributed by atoms with Crippen molar-refractivity contribution in [2.24, 2.45) is 0 Å². The number of alkyl halides is 5. The minimum Gasteiger partial charge on any atom is -0.385 e. The maximum atomic E-state index is 12.7. The fraction of sp³-hybridized carbons (Fsp3) is 0.778. The number of methoxy groups -OCH3 is 1. The van der Waals surface area contributed by atoms with Gasteiger partial charge in [-0.3, -0.25) is 9.59 Å². The first kappa shape index (κ1) is 17.3. The van der Waals surface area contributed by atoms with Crippen LogP contribution in [0.1, 0.15) is 6.42 Å². The van der Waals surface area contributed by atoms with E-state index in [1.807, 2.05) is 0 Å². The molecule has 1 N–H and O–H groups in total. The monoisotopic (exact) mass is 337 g/mol. The quantitative estimate of drug-likeness (QED) is 0.537. The number of rotatable bonds is 8. The summed E-state index contributed by atoms with van der Waals surface area (Å²) in [4.78, 5) is 22.3. The van der Waals surface area contributed by atoms with E-state index >= 15 is 0 Å². The first-order chi connectivity index (χ1) is 8.27. The van der Waals surface area contributed by atoms with E-state index in [-0.39, 0.29) is 18.4 Å². The maximum Gasteiger partial charge on any atom is 0.383 e. The van der Waals surface area contributed by atoms with Crippen molar-refractivity contribution in [2.45, 2.75) is 24.8 Å². The molecule has 1 amide bonds. The lowest BCUT2D eigenvalue weighted by Crippen LogP contribution is -2.51. The van der Waals surface area contributed by atoms with Crippen LogP contribution < -0.4 is 5.32 Å². The standard InChI is InChI=1S/C9H12BrF4NO3/c1-18-3-2-5(6(16)4-10)15-8(17)9(13,14)7(11)12/h5,7H,2-4H2,1H3,(H,15,17). The van der Waals surface area contributed by atoms with Crippen LogP contribution in [0.25, 0.3) is 0 Å². The Bertz CT molecular complexity index is 302. The summed E-state index contributed by atoms with van der Waals surface area (Å²) in [6.07, 6.45) is -4.20. The summed E-state index contributed by atoms with van der Waals surface area (Å²) in [5.41, 5.74) is 0. The molecular formula is C9H12BrF4NO3. The van der Waals surface area contributed by atoms with Crippen molar-refractivity contribution in [3.63, 3.8) is 0 Å². The Morgan fingerprint density at radius 3 is 2.33 bits per heavy atom. The molecule has 0 radical (unpaired) electrons. The average molecular weight is 338 g/mol. The highest BCUT2D eigenvalue weighted by Crippen LogP contribution is 2.23. The van der Waals surface area contributed by atoms with E-state index in [1.165, 1.54) is 7.11 Å². The number of nitrogens with one attached hydrogen (secondary N) is 1. The van der Waals surface area contributed by atoms with E-state index in [9.17, 15) is 27.2 Å². The van der Waals surface area contributed by atoms with Gasteiger partial charge in [0.2, 0.25) is 0 Å². The summed E-state index contributed by atoms with van der Waals surface area (Å²) in [6.45, 7) is 0.0178. The Morgan fingerprint density at radius 1 is 1.39 bits per heavy atom. The molecule has 0 heterocycles. The van der Waals surface area contributed by atoms with Gasteiger partial charge in [-0.25, -0.2) is 8.78 Å². The molecule has 0 rings (SSSR count). The third-order valence-electron chi connectivity index (χ3n) is 2.01. The van der Waals surface area contributed by atoms with Crippen LogP contribution >= 0.6 is 15.9 Å². The molecule has 0 aliphatic heterocycles. The first-order valence-electron chi connectivity index (χ1n) is 4.81. The summed E-state index contributed by atoms with van der Waals surface area (Å²) in [5, 5.41) is 1.40. The molecule has 106 valence electrons. The van der Waals surface area contributed by atoms with Crippen molar-refractivity contribution in [1.29, 1.82) is 0 Å². The van der Waals surface area contributed by atoms with Crippen molar-refractivity contribution in [2.75, 3.05) is 19.0 Å². The number of carbonyl (C=O) groups excluding carboxylic acids is 2. The lowest BCUT2D eigenvalue weighted by atomic mass is 10.1. The maximum absolute atomic E-state index is 12.7. The molecular weight excluding hydrogens is 326 g/mol. The second-order valence-electron chi connectivity index (χ2n) is 3.33. The average Bonchev–Trinajstić information content (AvgIpc) is 2.32. The van der Waals surface area contributed by atoms with Gasteiger partial charge in [-0.15, -0.1) is 0 Å². The molecule has 0 aromatic rings. The van der Waals surface area contributed by atoms with E-state index in [1.54, 1.807) is 5.32 Å². The van der Waals surface area contributed by atoms with Crippen LogP contribution in [0, 0.1) is 0 Å². The molecule has 0 saturated carbocycles. The lowest BCUT2D eigenvalue weighted by molar-refractivity contribution is -0.170. The molecule has 0 bridgehead atoms. The SMILES string of the molecule is COCCC(NC(=O)C(F)(F)C(F)F)C(=O)CBr. The van der Waals surface area contributed by atoms with E-state index in [2.05, 4.69) is 20.7 Å². The second-order valence-corrected chi connectivity index (χ2v) is 3.89. The molecule has 9 heteroatoms. The third-order valence-corrected chi connectivity index (χ3v) is 2.57. The highest BCUT2D eigenvalue weighted by atomic mass is 79.9. The van der Waals surface area contributed by atoms with Crippen molar-refractivity contribution in [3.05, 3.63) is 0 Å². The molecule has 0 saturated heterocycles. The Morgan fingerprint density at radius 2 is 1.94 bits per heavy atom. The van der Waals surface area contributed by atoms with Gasteiger partial charge in [0.1, 0.15) is 0 Å². The van der Waals surface area contributed by atoms with Crippen molar-refractivity contribution in [1.82, 2.24) is 5.32 Å². The molecule has 0 aliphatic rings. The van der Waals surface area contributed by atoms with Crippen LogP contribution in [0.3, 0.4) is 0 Å². The lowest BCUT2D eigenvalue weighted by Gasteiger charge is -2.20. The van der Waals surface area contributed by atoms with Gasteiger partial charge >= 0.3 is 12.3 Å². The normalized spacial score (nSPS) is 13.5. The molecule has 0 aromatic heterocycles. The number of halogens is 5. The minimum absolute atomic E-state index is 0.0178. The predicted molar refractivity (Wildman–Crippen MR) is 58.2 cm³/mol. The fourth-order valence-electron chi connectivity index (χ4n) is 0.996. The Hall–Kier alpha value is -0.700. The van der Waals surface area contributed by atoms with Gasteiger partial charge in [0.15, 0.2) is 5.78 Å². The zero-order chi connectivity index (χ0) is 14.3. The van der Waals surface area contributed by atoms with Crippen molar-refractivity contribution < 1.29 is 31.9 Å². The highest BCUT2D eigenvalue weighted by molar-refractivity contribution is 9.09. The number of hydrogen-bond acceptors (Lipinski definition) is 3. The van der Waals surface area contributed by atoms with Gasteiger partial charge in [-0.1, -0.05) is 15.9 Å². The minimum atomic E-state index is -4.82. The molecule has 18 heavy (non-hydrogen) atoms. The molecule has 1 atom stereocenters. The topological polar surface area (TPSA) is 55.4 Å². The van der Waals surface area contributed by atoms with Gasteiger partial charge in [-0.05, 0) is 6.42 Å². The summed E-state index contributed by atoms with van der Waals surface area (Å²) < 4.78 is 53.8. The number of carbonyl (C=O) groups is 2. The van der Waals surface area contributed by atoms with Gasteiger partial charge in [0.25, 0.3) is 5.91 Å². The van der Waals surface area contributed by atoms with Gasteiger partial charge in [-0.2, -0.15) is 8.78 Å². The van der Waals surface area contributed by atoms with Crippen LogP contribution in [-0.4, -0.2) is 49.1 Å². The number of Topliss-reactive ketones (excluding diaryl/α,β-unsaturated/α-hetero) is 1. The van der Waals surface area contributed by atoms with Gasteiger partial charge in [0, 0.05) is 13.7 Å². The van der Waals surface area contributed by atoms with Crippen molar-refractivity contribution >= 4 is 27.6 Å². The van der Waals surface area contributed by atoms with Crippen LogP contribution in [0.4, 0.5) is 17.6 Å². The van der Waals surface area contributed by atoms with Crippen LogP contribution in [-0.2, 0) is 14.3 Å². The Labute approximate surface area is 109 Å². The molecule has 0 fully saturated rings. The zero-order valence-electron chi connectivity index (χ0n) is 9.39. The van der Waals surface area contributed by atoms with Crippen LogP contribution in [0.5, 0.6) is 0 Å². The van der Waals surface area contributed by atoms with E-state index in [4.69, 9.17) is 0 Å². The summed E-state index contributed by atoms with van der Waals surface area (Å²) in [6, 6.07) is -1.29. The first-order valence-corrected chi connectivity index (χ1v) is 5.94. The van der Waals surface area contributed by atoms with Crippen LogP contribution in [0.2, 0.25) is 0 Å². The molecule has 0 aromatic carbocycles. The highest BCUT2D eigenvalue weighted by Gasteiger charge is 2.49. The van der Waals surface area contributed by atoms with Gasteiger partial charge < -0.3 is 10.1 Å². The second kappa shape index (κ2) is 7.67. The van der Waals surface area contributed by atoms with E-state index < -0.39 is 30.1 Å². The van der Waals surface area contributed by atoms with Gasteiger partial charge in [0.05, 0.1) is 11.4 Å². The predicted octanol–water partition coefficient (Wildman–Crippen LogP) is 1.37. The fourth-order valence-corrected chi connectivity index (χ4v) is 1.39. The van der Waals surface area contributed by atoms with E-state index in [0.29, 0.717) is 0 Å². The molecule has 1 unspecified atom stereocenters. The Balaban J connectivity index is 4.67. The summed E-state index contributed by atoms with van der Waals surface area (Å²) >= 11 is 2.80. The zero-order valence-corrected chi connectivity index (χ0v) is 11.0. The van der Waals surface area contributed by atoms with E-state index in [0.717, 1.165) is 0 Å². The third kappa shape index (κ3) is 4.89.